The summed E-state index contributed by atoms with van der Waals surface area (Å²) >= 11 is 16.1. The van der Waals surface area contributed by atoms with Gasteiger partial charge in [-0.15, -0.1) is 0 Å². The van der Waals surface area contributed by atoms with E-state index in [1.807, 2.05) is 31.2 Å². The van der Waals surface area contributed by atoms with Crippen LogP contribution in [0.3, 0.4) is 0 Å². The number of ether oxygens (including phenoxy) is 3. The van der Waals surface area contributed by atoms with E-state index in [1.165, 1.54) is 12.7 Å². The average molecular weight is 603 g/mol. The first-order valence-electron chi connectivity index (χ1n) is 11.9. The molecule has 192 valence electrons. The number of nitrogens with one attached hydrogen (secondary N) is 1. The Morgan fingerprint density at radius 3 is 2.68 bits per heavy atom. The number of benzene rings is 3. The summed E-state index contributed by atoms with van der Waals surface area (Å²) in [5.41, 5.74) is 5.52. The molecule has 0 amide bonds. The highest BCUT2D eigenvalue weighted by molar-refractivity contribution is 9.10. The number of carbonyl (C=O) groups is 1. The summed E-state index contributed by atoms with van der Waals surface area (Å²) in [4.78, 5) is 12.4. The van der Waals surface area contributed by atoms with Crippen molar-refractivity contribution in [1.82, 2.24) is 0 Å². The van der Waals surface area contributed by atoms with Crippen molar-refractivity contribution in [2.45, 2.75) is 31.9 Å². The molecule has 3 atom stereocenters. The predicted octanol–water partition coefficient (Wildman–Crippen LogP) is 8.27. The molecule has 0 saturated carbocycles. The van der Waals surface area contributed by atoms with Crippen molar-refractivity contribution in [1.29, 1.82) is 0 Å². The van der Waals surface area contributed by atoms with Crippen LogP contribution >= 0.6 is 39.1 Å². The van der Waals surface area contributed by atoms with E-state index >= 15 is 0 Å². The van der Waals surface area contributed by atoms with Crippen LogP contribution in [0.4, 0.5) is 5.69 Å². The van der Waals surface area contributed by atoms with Gasteiger partial charge in [-0.25, -0.2) is 4.79 Å². The Hall–Kier alpha value is -2.67. The first-order chi connectivity index (χ1) is 17.8. The average Bonchev–Trinajstić information content (AvgIpc) is 3.38. The van der Waals surface area contributed by atoms with Crippen molar-refractivity contribution in [3.05, 3.63) is 97.0 Å². The van der Waals surface area contributed by atoms with Crippen molar-refractivity contribution in [3.8, 4) is 11.5 Å². The van der Waals surface area contributed by atoms with Gasteiger partial charge in [0.25, 0.3) is 0 Å². The number of methoxy groups -OCH3 is 2. The fraction of sp³-hybridized carbons (Fsp3) is 0.276. The Bertz CT molecular complexity index is 1410. The molecule has 0 spiro atoms. The predicted molar refractivity (Wildman–Crippen MR) is 150 cm³/mol. The van der Waals surface area contributed by atoms with E-state index in [0.717, 1.165) is 33.3 Å². The molecule has 0 aromatic heterocycles. The molecule has 2 aliphatic rings. The number of esters is 1. The van der Waals surface area contributed by atoms with Gasteiger partial charge in [0.1, 0.15) is 6.61 Å². The number of rotatable bonds is 6. The summed E-state index contributed by atoms with van der Waals surface area (Å²) in [5.74, 6) is 1.45. The molecule has 8 heteroatoms. The molecule has 0 fully saturated rings. The van der Waals surface area contributed by atoms with Crippen LogP contribution in [0.25, 0.3) is 0 Å². The second kappa shape index (κ2) is 10.6. The maximum atomic E-state index is 12.4. The largest absolute Gasteiger partial charge is 0.493 e. The zero-order valence-corrected chi connectivity index (χ0v) is 23.7. The summed E-state index contributed by atoms with van der Waals surface area (Å²) in [6.07, 6.45) is 5.46. The minimum absolute atomic E-state index is 0.00376. The van der Waals surface area contributed by atoms with Gasteiger partial charge in [0.15, 0.2) is 11.5 Å². The van der Waals surface area contributed by atoms with Crippen molar-refractivity contribution in [2.24, 2.45) is 5.92 Å². The lowest BCUT2D eigenvalue weighted by atomic mass is 9.76. The van der Waals surface area contributed by atoms with Gasteiger partial charge in [-0.05, 0) is 82.2 Å². The van der Waals surface area contributed by atoms with Crippen molar-refractivity contribution >= 4 is 50.8 Å². The summed E-state index contributed by atoms with van der Waals surface area (Å²) in [5, 5.41) is 4.87. The molecule has 3 aromatic rings. The molecule has 1 aliphatic carbocycles. The van der Waals surface area contributed by atoms with Gasteiger partial charge in [-0.1, -0.05) is 47.5 Å². The van der Waals surface area contributed by atoms with Crippen molar-refractivity contribution in [2.75, 3.05) is 19.5 Å². The number of hydrogen-bond acceptors (Lipinski definition) is 5. The minimum Gasteiger partial charge on any atom is -0.493 e. The summed E-state index contributed by atoms with van der Waals surface area (Å²) < 4.78 is 17.7. The van der Waals surface area contributed by atoms with Crippen LogP contribution < -0.4 is 14.8 Å². The Morgan fingerprint density at radius 1 is 1.14 bits per heavy atom. The zero-order chi connectivity index (χ0) is 26.3. The third-order valence-corrected chi connectivity index (χ3v) is 8.38. The number of carbonyl (C=O) groups excluding carboxylic acids is 1. The van der Waals surface area contributed by atoms with Gasteiger partial charge in [0.05, 0.1) is 30.3 Å². The summed E-state index contributed by atoms with van der Waals surface area (Å²) in [6, 6.07) is 13.3. The van der Waals surface area contributed by atoms with Crippen LogP contribution in [0.5, 0.6) is 11.5 Å². The molecule has 0 radical (unpaired) electrons. The molecule has 1 aliphatic heterocycles. The lowest BCUT2D eigenvalue weighted by Gasteiger charge is -2.39. The Balaban J connectivity index is 1.49. The van der Waals surface area contributed by atoms with Crippen LogP contribution in [-0.2, 0) is 11.3 Å². The van der Waals surface area contributed by atoms with Crippen LogP contribution in [0.2, 0.25) is 10.0 Å². The third kappa shape index (κ3) is 4.83. The number of hydrogen-bond donors (Lipinski definition) is 1. The molecule has 5 nitrogen and oxygen atoms in total. The Kier molecular flexibility index (Phi) is 7.44. The molecule has 3 aromatic carbocycles. The fourth-order valence-electron chi connectivity index (χ4n) is 5.32. The first kappa shape index (κ1) is 26.0. The molecule has 0 saturated heterocycles. The minimum atomic E-state index is -0.338. The SMILES string of the molecule is COC(=O)c1ccc2c(c1C)N[C@H](c1cc(Br)c(OCc3ccc(Cl)cc3Cl)c(OC)c1)[C@H]1CC=C[C@H]21. The highest BCUT2D eigenvalue weighted by Crippen LogP contribution is 2.52. The molecular weight excluding hydrogens is 577 g/mol. The fourth-order valence-corrected chi connectivity index (χ4v) is 6.36. The van der Waals surface area contributed by atoms with E-state index in [0.29, 0.717) is 33.0 Å². The Morgan fingerprint density at radius 2 is 1.95 bits per heavy atom. The van der Waals surface area contributed by atoms with Gasteiger partial charge >= 0.3 is 5.97 Å². The zero-order valence-electron chi connectivity index (χ0n) is 20.6. The van der Waals surface area contributed by atoms with Crippen LogP contribution in [0.1, 0.15) is 51.0 Å². The molecule has 5 rings (SSSR count). The molecule has 0 bridgehead atoms. The first-order valence-corrected chi connectivity index (χ1v) is 13.5. The number of halogens is 3. The van der Waals surface area contributed by atoms with Gasteiger partial charge in [0, 0.05) is 27.2 Å². The second-order valence-electron chi connectivity index (χ2n) is 9.23. The molecule has 37 heavy (non-hydrogen) atoms. The Labute approximate surface area is 234 Å². The van der Waals surface area contributed by atoms with E-state index in [2.05, 4.69) is 39.5 Å². The molecule has 1 N–H and O–H groups in total. The third-order valence-electron chi connectivity index (χ3n) is 7.20. The number of anilines is 1. The molecular formula is C29H26BrCl2NO4. The van der Waals surface area contributed by atoms with Gasteiger partial charge in [-0.2, -0.15) is 0 Å². The van der Waals surface area contributed by atoms with E-state index in [1.54, 1.807) is 19.2 Å². The van der Waals surface area contributed by atoms with E-state index in [-0.39, 0.29) is 24.5 Å². The number of fused-ring (bicyclic) bond motifs is 3. The van der Waals surface area contributed by atoms with E-state index in [9.17, 15) is 4.79 Å². The maximum Gasteiger partial charge on any atom is 0.338 e. The normalized spacial score (nSPS) is 19.6. The van der Waals surface area contributed by atoms with Gasteiger partial charge in [0.2, 0.25) is 0 Å². The van der Waals surface area contributed by atoms with Crippen LogP contribution in [-0.4, -0.2) is 20.2 Å². The van der Waals surface area contributed by atoms with Gasteiger partial charge < -0.3 is 19.5 Å². The van der Waals surface area contributed by atoms with Crippen molar-refractivity contribution < 1.29 is 19.0 Å². The van der Waals surface area contributed by atoms with E-state index in [4.69, 9.17) is 37.4 Å². The van der Waals surface area contributed by atoms with E-state index < -0.39 is 0 Å². The number of allylic oxidation sites excluding steroid dienone is 2. The monoisotopic (exact) mass is 601 g/mol. The standard InChI is InChI=1S/C29H26BrCl2NO4/c1-15-19(29(34)36-3)9-10-22-20-5-4-6-21(20)27(33-26(15)22)17-11-23(30)28(25(12-17)35-2)37-14-16-7-8-18(31)13-24(16)32/h4-5,7-13,20-21,27,33H,6,14H2,1-3H3/t20-,21-,27+/m0/s1. The lowest BCUT2D eigenvalue weighted by molar-refractivity contribution is 0.0600. The van der Waals surface area contributed by atoms with Crippen molar-refractivity contribution in [3.63, 3.8) is 0 Å². The smallest absolute Gasteiger partial charge is 0.338 e. The molecule has 1 heterocycles. The van der Waals surface area contributed by atoms with Gasteiger partial charge in [-0.3, -0.25) is 0 Å². The summed E-state index contributed by atoms with van der Waals surface area (Å²) in [6.45, 7) is 2.23. The lowest BCUT2D eigenvalue weighted by Crippen LogP contribution is -2.30. The van der Waals surface area contributed by atoms with Crippen LogP contribution in [0, 0.1) is 12.8 Å². The second-order valence-corrected chi connectivity index (χ2v) is 10.9. The topological polar surface area (TPSA) is 56.8 Å². The quantitative estimate of drug-likeness (QED) is 0.227. The summed E-state index contributed by atoms with van der Waals surface area (Å²) in [7, 11) is 3.03. The molecule has 0 unspecified atom stereocenters. The highest BCUT2D eigenvalue weighted by atomic mass is 79.9. The van der Waals surface area contributed by atoms with Crippen LogP contribution in [0.15, 0.2) is 59.1 Å². The highest BCUT2D eigenvalue weighted by Gasteiger charge is 2.39. The maximum absolute atomic E-state index is 12.4.